The normalized spacial score (nSPS) is 26.2. The van der Waals surface area contributed by atoms with Gasteiger partial charge in [-0.05, 0) is 19.8 Å². The first kappa shape index (κ1) is 12.6. The van der Waals surface area contributed by atoms with Gasteiger partial charge in [0.05, 0.1) is 18.7 Å². The summed E-state index contributed by atoms with van der Waals surface area (Å²) in [5.74, 6) is 8.37. The minimum atomic E-state index is 0.276. The van der Waals surface area contributed by atoms with Gasteiger partial charge in [0.15, 0.2) is 5.82 Å². The summed E-state index contributed by atoms with van der Waals surface area (Å²) < 4.78 is 7.81. The number of nitrogens with zero attached hydrogens (tertiary/aromatic N) is 4. The van der Waals surface area contributed by atoms with E-state index in [4.69, 9.17) is 4.74 Å². The summed E-state index contributed by atoms with van der Waals surface area (Å²) >= 11 is 0. The second-order valence-electron chi connectivity index (χ2n) is 5.20. The Kier molecular flexibility index (Phi) is 3.54. The Morgan fingerprint density at radius 3 is 3.11 bits per heavy atom. The average Bonchev–Trinajstić information content (AvgIpc) is 3.10. The van der Waals surface area contributed by atoms with Crippen LogP contribution in [0, 0.1) is 11.8 Å². The molecule has 1 aromatic rings. The maximum Gasteiger partial charge on any atom is 0.150 e. The molecule has 5 nitrogen and oxygen atoms in total. The molecule has 1 aromatic heterocycles. The van der Waals surface area contributed by atoms with E-state index in [1.165, 1.54) is 6.42 Å². The van der Waals surface area contributed by atoms with Crippen LogP contribution in [0.4, 0.5) is 0 Å². The van der Waals surface area contributed by atoms with Gasteiger partial charge in [0, 0.05) is 26.6 Å². The van der Waals surface area contributed by atoms with Gasteiger partial charge in [0.2, 0.25) is 0 Å². The number of hydrogen-bond acceptors (Lipinski definition) is 4. The molecule has 0 radical (unpaired) electrons. The molecule has 0 saturated carbocycles. The standard InChI is InChI=1S/C14H20N4O/c1-3-4-7-17-10-11(19-2)9-12(17)14-16-15-13-6-5-8-18(13)14/h11-12H,5-10H2,1-2H3/t11-,12+/m1/s1. The summed E-state index contributed by atoms with van der Waals surface area (Å²) in [6, 6.07) is 0.296. The topological polar surface area (TPSA) is 43.2 Å². The van der Waals surface area contributed by atoms with E-state index in [-0.39, 0.29) is 6.10 Å². The number of methoxy groups -OCH3 is 1. The van der Waals surface area contributed by atoms with Crippen molar-refractivity contribution < 1.29 is 4.74 Å². The van der Waals surface area contributed by atoms with Gasteiger partial charge in [-0.15, -0.1) is 16.1 Å². The zero-order valence-electron chi connectivity index (χ0n) is 11.6. The Hall–Kier alpha value is -1.38. The highest BCUT2D eigenvalue weighted by atomic mass is 16.5. The lowest BCUT2D eigenvalue weighted by atomic mass is 10.2. The second kappa shape index (κ2) is 5.32. The highest BCUT2D eigenvalue weighted by molar-refractivity contribution is 5.10. The SMILES string of the molecule is CC#CCN1C[C@H](OC)C[C@H]1c1nnc2n1CCC2. The van der Waals surface area contributed by atoms with Crippen molar-refractivity contribution in [3.63, 3.8) is 0 Å². The number of likely N-dealkylation sites (tertiary alicyclic amines) is 1. The van der Waals surface area contributed by atoms with Crippen molar-refractivity contribution in [3.05, 3.63) is 11.6 Å². The van der Waals surface area contributed by atoms with E-state index in [2.05, 4.69) is 31.5 Å². The van der Waals surface area contributed by atoms with Crippen molar-refractivity contribution in [1.29, 1.82) is 0 Å². The molecule has 2 aliphatic heterocycles. The van der Waals surface area contributed by atoms with Crippen molar-refractivity contribution in [2.45, 2.75) is 44.9 Å². The lowest BCUT2D eigenvalue weighted by molar-refractivity contribution is 0.110. The molecule has 3 rings (SSSR count). The van der Waals surface area contributed by atoms with Crippen molar-refractivity contribution in [1.82, 2.24) is 19.7 Å². The fourth-order valence-electron chi connectivity index (χ4n) is 3.08. The van der Waals surface area contributed by atoms with Crippen molar-refractivity contribution in [2.75, 3.05) is 20.2 Å². The van der Waals surface area contributed by atoms with Crippen LogP contribution in [0.2, 0.25) is 0 Å². The molecule has 2 aliphatic rings. The smallest absolute Gasteiger partial charge is 0.150 e. The van der Waals surface area contributed by atoms with E-state index >= 15 is 0 Å². The van der Waals surface area contributed by atoms with Gasteiger partial charge in [0.25, 0.3) is 0 Å². The Balaban J connectivity index is 1.85. The fourth-order valence-corrected chi connectivity index (χ4v) is 3.08. The third-order valence-corrected chi connectivity index (χ3v) is 4.09. The van der Waals surface area contributed by atoms with Gasteiger partial charge in [0.1, 0.15) is 5.82 Å². The molecule has 0 aromatic carbocycles. The third-order valence-electron chi connectivity index (χ3n) is 4.09. The highest BCUT2D eigenvalue weighted by Crippen LogP contribution is 2.33. The van der Waals surface area contributed by atoms with Crippen LogP contribution in [-0.2, 0) is 17.7 Å². The van der Waals surface area contributed by atoms with E-state index in [0.717, 1.165) is 44.1 Å². The first-order chi connectivity index (χ1) is 9.33. The fraction of sp³-hybridized carbons (Fsp3) is 0.714. The Labute approximate surface area is 113 Å². The van der Waals surface area contributed by atoms with Crippen LogP contribution < -0.4 is 0 Å². The largest absolute Gasteiger partial charge is 0.380 e. The molecule has 0 amide bonds. The van der Waals surface area contributed by atoms with Crippen LogP contribution in [-0.4, -0.2) is 46.0 Å². The Morgan fingerprint density at radius 1 is 1.42 bits per heavy atom. The van der Waals surface area contributed by atoms with Crippen LogP contribution in [0.15, 0.2) is 0 Å². The quantitative estimate of drug-likeness (QED) is 0.761. The van der Waals surface area contributed by atoms with Crippen molar-refractivity contribution in [3.8, 4) is 11.8 Å². The van der Waals surface area contributed by atoms with Gasteiger partial charge in [-0.25, -0.2) is 0 Å². The van der Waals surface area contributed by atoms with Crippen LogP contribution in [0.5, 0.6) is 0 Å². The second-order valence-corrected chi connectivity index (χ2v) is 5.20. The molecule has 0 aliphatic carbocycles. The van der Waals surface area contributed by atoms with Gasteiger partial charge in [-0.3, -0.25) is 4.90 Å². The van der Waals surface area contributed by atoms with Gasteiger partial charge >= 0.3 is 0 Å². The van der Waals surface area contributed by atoms with Crippen molar-refractivity contribution >= 4 is 0 Å². The Morgan fingerprint density at radius 2 is 2.32 bits per heavy atom. The van der Waals surface area contributed by atoms with Crippen LogP contribution in [0.25, 0.3) is 0 Å². The van der Waals surface area contributed by atoms with Gasteiger partial charge < -0.3 is 9.30 Å². The van der Waals surface area contributed by atoms with Crippen LogP contribution in [0.3, 0.4) is 0 Å². The predicted molar refractivity (Wildman–Crippen MR) is 71.5 cm³/mol. The van der Waals surface area contributed by atoms with E-state index in [1.807, 2.05) is 6.92 Å². The molecule has 0 unspecified atom stereocenters. The first-order valence-corrected chi connectivity index (χ1v) is 6.92. The monoisotopic (exact) mass is 260 g/mol. The molecule has 0 spiro atoms. The number of aryl methyl sites for hydroxylation is 1. The molecular formula is C14H20N4O. The molecule has 19 heavy (non-hydrogen) atoms. The molecular weight excluding hydrogens is 240 g/mol. The molecule has 1 saturated heterocycles. The summed E-state index contributed by atoms with van der Waals surface area (Å²) in [7, 11) is 1.78. The summed E-state index contributed by atoms with van der Waals surface area (Å²) in [4.78, 5) is 2.36. The highest BCUT2D eigenvalue weighted by Gasteiger charge is 2.36. The zero-order chi connectivity index (χ0) is 13.2. The van der Waals surface area contributed by atoms with Crippen molar-refractivity contribution in [2.24, 2.45) is 0 Å². The number of hydrogen-bond donors (Lipinski definition) is 0. The minimum Gasteiger partial charge on any atom is -0.380 e. The first-order valence-electron chi connectivity index (χ1n) is 6.92. The molecule has 3 heterocycles. The molecule has 5 heteroatoms. The number of aromatic nitrogens is 3. The van der Waals surface area contributed by atoms with E-state index < -0.39 is 0 Å². The van der Waals surface area contributed by atoms with Gasteiger partial charge in [-0.1, -0.05) is 5.92 Å². The number of rotatable bonds is 3. The molecule has 102 valence electrons. The van der Waals surface area contributed by atoms with E-state index in [1.54, 1.807) is 7.11 Å². The van der Waals surface area contributed by atoms with Crippen LogP contribution >= 0.6 is 0 Å². The molecule has 1 fully saturated rings. The lowest BCUT2D eigenvalue weighted by Crippen LogP contribution is -2.27. The van der Waals surface area contributed by atoms with E-state index in [0.29, 0.717) is 6.04 Å². The number of fused-ring (bicyclic) bond motifs is 1. The summed E-state index contributed by atoms with van der Waals surface area (Å²) in [6.07, 6.45) is 3.51. The summed E-state index contributed by atoms with van der Waals surface area (Å²) in [5.41, 5.74) is 0. The zero-order valence-corrected chi connectivity index (χ0v) is 11.6. The maximum atomic E-state index is 5.52. The molecule has 0 N–H and O–H groups in total. The Bertz CT molecular complexity index is 513. The third kappa shape index (κ3) is 2.26. The molecule has 2 atom stereocenters. The predicted octanol–water partition coefficient (Wildman–Crippen LogP) is 1.01. The lowest BCUT2D eigenvalue weighted by Gasteiger charge is -2.21. The summed E-state index contributed by atoms with van der Waals surface area (Å²) in [5, 5.41) is 8.73. The summed E-state index contributed by atoms with van der Waals surface area (Å²) in [6.45, 7) is 4.65. The maximum absolute atomic E-state index is 5.52. The van der Waals surface area contributed by atoms with Crippen LogP contribution in [0.1, 0.15) is 37.5 Å². The number of ether oxygens (including phenoxy) is 1. The van der Waals surface area contributed by atoms with Gasteiger partial charge in [-0.2, -0.15) is 0 Å². The van der Waals surface area contributed by atoms with E-state index in [9.17, 15) is 0 Å². The molecule has 0 bridgehead atoms. The average molecular weight is 260 g/mol. The minimum absolute atomic E-state index is 0.276.